The van der Waals surface area contributed by atoms with Crippen molar-refractivity contribution in [2.24, 2.45) is 0 Å². The van der Waals surface area contributed by atoms with Crippen LogP contribution in [0.25, 0.3) is 11.1 Å². The fraction of sp³-hybridized carbons (Fsp3) is 0.118. The predicted molar refractivity (Wildman–Crippen MR) is 79.3 cm³/mol. The molecule has 3 heteroatoms. The molecule has 1 amide bonds. The predicted octanol–water partition coefficient (Wildman–Crippen LogP) is 2.74. The van der Waals surface area contributed by atoms with Crippen LogP contribution in [-0.4, -0.2) is 19.6 Å². The molecule has 100 valence electrons. The Hall–Kier alpha value is -2.55. The van der Waals surface area contributed by atoms with Crippen LogP contribution in [0.1, 0.15) is 11.1 Å². The van der Waals surface area contributed by atoms with Gasteiger partial charge in [-0.1, -0.05) is 42.5 Å². The van der Waals surface area contributed by atoms with Gasteiger partial charge in [0, 0.05) is 6.54 Å². The Labute approximate surface area is 117 Å². The van der Waals surface area contributed by atoms with Crippen LogP contribution in [-0.2, 0) is 4.79 Å². The van der Waals surface area contributed by atoms with Gasteiger partial charge in [-0.2, -0.15) is 0 Å². The highest BCUT2D eigenvalue weighted by Gasteiger charge is 2.24. The summed E-state index contributed by atoms with van der Waals surface area (Å²) in [6.45, 7) is 0.574. The largest absolute Gasteiger partial charge is 0.497 e. The zero-order chi connectivity index (χ0) is 13.9. The van der Waals surface area contributed by atoms with Crippen LogP contribution in [0.5, 0.6) is 5.75 Å². The molecule has 1 N–H and O–H groups in total. The first-order valence-corrected chi connectivity index (χ1v) is 6.51. The average molecular weight is 265 g/mol. The number of carbonyl (C=O) groups is 1. The number of ether oxygens (including phenoxy) is 1. The van der Waals surface area contributed by atoms with Gasteiger partial charge in [-0.15, -0.1) is 0 Å². The monoisotopic (exact) mass is 265 g/mol. The molecule has 3 nitrogen and oxygen atoms in total. The number of hydrogen-bond acceptors (Lipinski definition) is 2. The van der Waals surface area contributed by atoms with Crippen molar-refractivity contribution in [1.29, 1.82) is 0 Å². The third-order valence-electron chi connectivity index (χ3n) is 3.46. The van der Waals surface area contributed by atoms with Crippen LogP contribution in [0.15, 0.2) is 54.6 Å². The van der Waals surface area contributed by atoms with Crippen molar-refractivity contribution in [3.63, 3.8) is 0 Å². The van der Waals surface area contributed by atoms with Crippen molar-refractivity contribution in [2.45, 2.75) is 0 Å². The molecule has 0 radical (unpaired) electrons. The molecule has 0 fully saturated rings. The van der Waals surface area contributed by atoms with E-state index in [0.717, 1.165) is 28.0 Å². The molecule has 20 heavy (non-hydrogen) atoms. The maximum absolute atomic E-state index is 12.1. The van der Waals surface area contributed by atoms with Crippen molar-refractivity contribution < 1.29 is 9.53 Å². The van der Waals surface area contributed by atoms with E-state index in [2.05, 4.69) is 5.32 Å². The second-order valence-corrected chi connectivity index (χ2v) is 4.63. The minimum absolute atomic E-state index is 0.0194. The van der Waals surface area contributed by atoms with Crippen LogP contribution in [0.3, 0.4) is 0 Å². The maximum atomic E-state index is 12.1. The molecule has 1 aliphatic rings. The summed E-state index contributed by atoms with van der Waals surface area (Å²) in [6.07, 6.45) is 0. The van der Waals surface area contributed by atoms with Crippen molar-refractivity contribution in [3.8, 4) is 5.75 Å². The number of amides is 1. The van der Waals surface area contributed by atoms with Gasteiger partial charge >= 0.3 is 0 Å². The fourth-order valence-electron chi connectivity index (χ4n) is 2.43. The molecule has 1 aliphatic heterocycles. The Morgan fingerprint density at radius 3 is 2.30 bits per heavy atom. The Balaban J connectivity index is 2.09. The van der Waals surface area contributed by atoms with E-state index in [4.69, 9.17) is 4.74 Å². The van der Waals surface area contributed by atoms with Gasteiger partial charge < -0.3 is 10.1 Å². The van der Waals surface area contributed by atoms with Gasteiger partial charge in [0.05, 0.1) is 12.7 Å². The van der Waals surface area contributed by atoms with Crippen LogP contribution < -0.4 is 10.1 Å². The number of nitrogens with one attached hydrogen (secondary N) is 1. The van der Waals surface area contributed by atoms with E-state index >= 15 is 0 Å². The Bertz CT molecular complexity index is 657. The number of methoxy groups -OCH3 is 1. The van der Waals surface area contributed by atoms with Crippen molar-refractivity contribution >= 4 is 17.1 Å². The number of rotatable bonds is 3. The molecular weight excluding hydrogens is 250 g/mol. The summed E-state index contributed by atoms with van der Waals surface area (Å²) in [6, 6.07) is 17.6. The molecule has 2 aromatic carbocycles. The molecule has 0 unspecified atom stereocenters. The van der Waals surface area contributed by atoms with Gasteiger partial charge in [0.1, 0.15) is 5.75 Å². The zero-order valence-corrected chi connectivity index (χ0v) is 11.2. The van der Waals surface area contributed by atoms with Gasteiger partial charge in [-0.25, -0.2) is 0 Å². The molecule has 0 atom stereocenters. The Morgan fingerprint density at radius 2 is 1.65 bits per heavy atom. The maximum Gasteiger partial charge on any atom is 0.252 e. The number of carbonyl (C=O) groups excluding carboxylic acids is 1. The van der Waals surface area contributed by atoms with Gasteiger partial charge in [-0.05, 0) is 28.8 Å². The number of hydrogen-bond donors (Lipinski definition) is 1. The smallest absolute Gasteiger partial charge is 0.252 e. The van der Waals surface area contributed by atoms with E-state index in [0.29, 0.717) is 6.54 Å². The standard InChI is InChI=1S/C17H15NO2/c1-20-14-9-7-13(8-10-14)16-15(11-18-17(16)19)12-5-3-2-4-6-12/h2-10H,11H2,1H3,(H,18,19). The lowest BCUT2D eigenvalue weighted by molar-refractivity contribution is -0.114. The summed E-state index contributed by atoms with van der Waals surface area (Å²) < 4.78 is 5.15. The van der Waals surface area contributed by atoms with Gasteiger partial charge in [0.25, 0.3) is 5.91 Å². The first-order valence-electron chi connectivity index (χ1n) is 6.51. The highest BCUT2D eigenvalue weighted by Crippen LogP contribution is 2.30. The lowest BCUT2D eigenvalue weighted by Crippen LogP contribution is -2.16. The van der Waals surface area contributed by atoms with Gasteiger partial charge in [0.2, 0.25) is 0 Å². The van der Waals surface area contributed by atoms with Crippen molar-refractivity contribution in [2.75, 3.05) is 13.7 Å². The van der Waals surface area contributed by atoms with E-state index in [-0.39, 0.29) is 5.91 Å². The zero-order valence-electron chi connectivity index (χ0n) is 11.2. The van der Waals surface area contributed by atoms with Crippen LogP contribution in [0, 0.1) is 0 Å². The second kappa shape index (κ2) is 5.21. The topological polar surface area (TPSA) is 38.3 Å². The molecule has 1 heterocycles. The summed E-state index contributed by atoms with van der Waals surface area (Å²) in [5, 5.41) is 2.90. The molecule has 0 aliphatic carbocycles. The summed E-state index contributed by atoms with van der Waals surface area (Å²) in [5.41, 5.74) is 3.79. The van der Waals surface area contributed by atoms with Crippen LogP contribution >= 0.6 is 0 Å². The molecule has 0 saturated heterocycles. The minimum Gasteiger partial charge on any atom is -0.497 e. The lowest BCUT2D eigenvalue weighted by Gasteiger charge is -2.06. The third kappa shape index (κ3) is 2.18. The molecule has 0 spiro atoms. The van der Waals surface area contributed by atoms with E-state index in [9.17, 15) is 4.79 Å². The SMILES string of the molecule is COc1ccc(C2=C(c3ccccc3)CNC2=O)cc1. The van der Waals surface area contributed by atoms with E-state index in [1.54, 1.807) is 7.11 Å². The summed E-state index contributed by atoms with van der Waals surface area (Å²) in [5.74, 6) is 0.767. The third-order valence-corrected chi connectivity index (χ3v) is 3.46. The number of benzene rings is 2. The van der Waals surface area contributed by atoms with E-state index in [1.807, 2.05) is 54.6 Å². The molecule has 0 saturated carbocycles. The summed E-state index contributed by atoms with van der Waals surface area (Å²) in [4.78, 5) is 12.1. The van der Waals surface area contributed by atoms with Crippen molar-refractivity contribution in [3.05, 3.63) is 65.7 Å². The quantitative estimate of drug-likeness (QED) is 0.926. The first-order chi connectivity index (χ1) is 9.79. The van der Waals surface area contributed by atoms with Crippen LogP contribution in [0.4, 0.5) is 0 Å². The summed E-state index contributed by atoms with van der Waals surface area (Å²) >= 11 is 0. The highest BCUT2D eigenvalue weighted by atomic mass is 16.5. The molecule has 0 bridgehead atoms. The molecular formula is C17H15NO2. The minimum atomic E-state index is -0.0194. The molecule has 2 aromatic rings. The van der Waals surface area contributed by atoms with Crippen molar-refractivity contribution in [1.82, 2.24) is 5.32 Å². The lowest BCUT2D eigenvalue weighted by atomic mass is 9.97. The fourth-order valence-corrected chi connectivity index (χ4v) is 2.43. The normalized spacial score (nSPS) is 14.3. The van der Waals surface area contributed by atoms with E-state index < -0.39 is 0 Å². The van der Waals surface area contributed by atoms with E-state index in [1.165, 1.54) is 0 Å². The second-order valence-electron chi connectivity index (χ2n) is 4.63. The Morgan fingerprint density at radius 1 is 0.950 bits per heavy atom. The van der Waals surface area contributed by atoms with Crippen LogP contribution in [0.2, 0.25) is 0 Å². The Kier molecular flexibility index (Phi) is 3.25. The highest BCUT2D eigenvalue weighted by molar-refractivity contribution is 6.30. The summed E-state index contributed by atoms with van der Waals surface area (Å²) in [7, 11) is 1.63. The molecule has 0 aromatic heterocycles. The van der Waals surface area contributed by atoms with Gasteiger partial charge in [-0.3, -0.25) is 4.79 Å². The first kappa shape index (κ1) is 12.5. The van der Waals surface area contributed by atoms with Gasteiger partial charge in [0.15, 0.2) is 0 Å². The molecule has 3 rings (SSSR count). The average Bonchev–Trinajstić information content (AvgIpc) is 2.90.